The third kappa shape index (κ3) is 5.84. The molecule has 2 heterocycles. The van der Waals surface area contributed by atoms with Gasteiger partial charge in [-0.15, -0.1) is 0 Å². The molecule has 0 aliphatic carbocycles. The second-order valence-corrected chi connectivity index (χ2v) is 7.69. The van der Waals surface area contributed by atoms with E-state index in [2.05, 4.69) is 14.9 Å². The highest BCUT2D eigenvalue weighted by molar-refractivity contribution is 7.92. The SMILES string of the molecule is O=C(CNS(=O)(=O)/C=C/c1ccccc1)OCc1nc(-c2ccsc2)no1. The Bertz CT molecular complexity index is 1010. The number of hydrogen-bond acceptors (Lipinski definition) is 8. The molecule has 1 N–H and O–H groups in total. The molecule has 2 aromatic heterocycles. The van der Waals surface area contributed by atoms with Crippen LogP contribution in [0.4, 0.5) is 0 Å². The summed E-state index contributed by atoms with van der Waals surface area (Å²) >= 11 is 1.50. The number of aromatic nitrogens is 2. The number of nitrogens with one attached hydrogen (secondary N) is 1. The smallest absolute Gasteiger partial charge is 0.321 e. The number of ether oxygens (including phenoxy) is 1. The Labute approximate surface area is 159 Å². The summed E-state index contributed by atoms with van der Waals surface area (Å²) in [6, 6.07) is 10.8. The van der Waals surface area contributed by atoms with Gasteiger partial charge in [0, 0.05) is 16.4 Å². The van der Waals surface area contributed by atoms with E-state index in [-0.39, 0.29) is 12.5 Å². The minimum Gasteiger partial charge on any atom is -0.455 e. The van der Waals surface area contributed by atoms with E-state index >= 15 is 0 Å². The minimum absolute atomic E-state index is 0.122. The maximum Gasteiger partial charge on any atom is 0.321 e. The first-order valence-corrected chi connectivity index (χ1v) is 10.2. The number of hydrogen-bond donors (Lipinski definition) is 1. The zero-order chi connectivity index (χ0) is 19.1. The number of esters is 1. The molecular weight excluding hydrogens is 390 g/mol. The van der Waals surface area contributed by atoms with E-state index in [0.29, 0.717) is 5.82 Å². The van der Waals surface area contributed by atoms with Gasteiger partial charge in [0.15, 0.2) is 6.61 Å². The van der Waals surface area contributed by atoms with Crippen LogP contribution in [0.3, 0.4) is 0 Å². The van der Waals surface area contributed by atoms with E-state index < -0.39 is 22.5 Å². The first-order valence-electron chi connectivity index (χ1n) is 7.75. The fraction of sp³-hybridized carbons (Fsp3) is 0.118. The van der Waals surface area contributed by atoms with Gasteiger partial charge in [0.05, 0.1) is 0 Å². The van der Waals surface area contributed by atoms with Gasteiger partial charge in [0.25, 0.3) is 5.89 Å². The number of benzene rings is 1. The van der Waals surface area contributed by atoms with Crippen LogP contribution in [-0.4, -0.2) is 31.1 Å². The van der Waals surface area contributed by atoms with Gasteiger partial charge in [-0.1, -0.05) is 35.5 Å². The highest BCUT2D eigenvalue weighted by atomic mass is 32.2. The van der Waals surface area contributed by atoms with Crippen LogP contribution in [0.25, 0.3) is 17.5 Å². The normalized spacial score (nSPS) is 11.7. The molecule has 140 valence electrons. The summed E-state index contributed by atoms with van der Waals surface area (Å²) in [7, 11) is -3.76. The van der Waals surface area contributed by atoms with Gasteiger partial charge in [-0.05, 0) is 23.1 Å². The number of carbonyl (C=O) groups excluding carboxylic acids is 1. The van der Waals surface area contributed by atoms with E-state index in [4.69, 9.17) is 9.26 Å². The largest absolute Gasteiger partial charge is 0.455 e. The van der Waals surface area contributed by atoms with Gasteiger partial charge in [-0.25, -0.2) is 13.1 Å². The summed E-state index contributed by atoms with van der Waals surface area (Å²) in [6.45, 7) is -0.745. The number of rotatable bonds is 8. The topological polar surface area (TPSA) is 111 Å². The lowest BCUT2D eigenvalue weighted by atomic mass is 10.2. The molecule has 3 aromatic rings. The number of thiophene rings is 1. The molecule has 1 aromatic carbocycles. The van der Waals surface area contributed by atoms with Crippen LogP contribution >= 0.6 is 11.3 Å². The van der Waals surface area contributed by atoms with Crippen LogP contribution in [0.1, 0.15) is 11.5 Å². The molecule has 0 bridgehead atoms. The molecule has 0 radical (unpaired) electrons. The summed E-state index contributed by atoms with van der Waals surface area (Å²) in [5.41, 5.74) is 1.53. The van der Waals surface area contributed by atoms with Gasteiger partial charge in [-0.3, -0.25) is 4.79 Å². The predicted molar refractivity (Wildman–Crippen MR) is 99.8 cm³/mol. The van der Waals surface area contributed by atoms with Crippen LogP contribution in [0.2, 0.25) is 0 Å². The van der Waals surface area contributed by atoms with Gasteiger partial charge in [-0.2, -0.15) is 16.3 Å². The lowest BCUT2D eigenvalue weighted by Gasteiger charge is -2.03. The van der Waals surface area contributed by atoms with Gasteiger partial charge in [0.1, 0.15) is 6.54 Å². The summed E-state index contributed by atoms with van der Waals surface area (Å²) < 4.78 is 35.8. The standard InChI is InChI=1S/C17H15N3O5S2/c21-16(10-18-27(22,23)9-7-13-4-2-1-3-5-13)24-11-15-19-17(20-25-15)14-6-8-26-12-14/h1-9,12,18H,10-11H2/b9-7+. The second-order valence-electron chi connectivity index (χ2n) is 5.26. The van der Waals surface area contributed by atoms with Crippen molar-refractivity contribution in [2.75, 3.05) is 6.54 Å². The van der Waals surface area contributed by atoms with Crippen LogP contribution in [-0.2, 0) is 26.2 Å². The summed E-state index contributed by atoms with van der Waals surface area (Å²) in [4.78, 5) is 15.8. The summed E-state index contributed by atoms with van der Waals surface area (Å²) in [5, 5.41) is 8.51. The zero-order valence-corrected chi connectivity index (χ0v) is 15.6. The third-order valence-electron chi connectivity index (χ3n) is 3.26. The second kappa shape index (κ2) is 8.71. The lowest BCUT2D eigenvalue weighted by Crippen LogP contribution is -2.29. The average molecular weight is 405 g/mol. The van der Waals surface area contributed by atoms with Crippen molar-refractivity contribution in [3.63, 3.8) is 0 Å². The van der Waals surface area contributed by atoms with Crippen LogP contribution < -0.4 is 4.72 Å². The highest BCUT2D eigenvalue weighted by Gasteiger charge is 2.13. The van der Waals surface area contributed by atoms with E-state index in [1.165, 1.54) is 17.4 Å². The molecule has 0 spiro atoms. The zero-order valence-electron chi connectivity index (χ0n) is 13.9. The van der Waals surface area contributed by atoms with Crippen molar-refractivity contribution in [1.29, 1.82) is 0 Å². The van der Waals surface area contributed by atoms with Crippen molar-refractivity contribution in [2.24, 2.45) is 0 Å². The molecule has 0 saturated heterocycles. The summed E-state index contributed by atoms with van der Waals surface area (Å²) in [6.07, 6.45) is 1.43. The van der Waals surface area contributed by atoms with Crippen LogP contribution in [0.5, 0.6) is 0 Å². The molecule has 3 rings (SSSR count). The molecule has 0 fully saturated rings. The number of nitrogens with zero attached hydrogens (tertiary/aromatic N) is 2. The third-order valence-corrected chi connectivity index (χ3v) is 4.99. The summed E-state index contributed by atoms with van der Waals surface area (Å²) in [5.74, 6) is -0.243. The molecule has 27 heavy (non-hydrogen) atoms. The van der Waals surface area contributed by atoms with E-state index in [1.54, 1.807) is 24.3 Å². The van der Waals surface area contributed by atoms with E-state index in [0.717, 1.165) is 16.5 Å². The van der Waals surface area contributed by atoms with Crippen molar-refractivity contribution in [3.8, 4) is 11.4 Å². The number of carbonyl (C=O) groups is 1. The number of sulfonamides is 1. The first-order chi connectivity index (χ1) is 13.0. The average Bonchev–Trinajstić information content (AvgIpc) is 3.35. The van der Waals surface area contributed by atoms with Gasteiger partial charge < -0.3 is 9.26 Å². The Morgan fingerprint density at radius 3 is 2.81 bits per heavy atom. The molecule has 0 saturated carbocycles. The van der Waals surface area contributed by atoms with Crippen LogP contribution in [0, 0.1) is 0 Å². The lowest BCUT2D eigenvalue weighted by molar-refractivity contribution is -0.144. The Morgan fingerprint density at radius 1 is 1.26 bits per heavy atom. The van der Waals surface area contributed by atoms with Crippen molar-refractivity contribution in [3.05, 3.63) is 64.0 Å². The molecular formula is C17H15N3O5S2. The molecule has 8 nitrogen and oxygen atoms in total. The van der Waals surface area contributed by atoms with E-state index in [1.807, 2.05) is 22.9 Å². The molecule has 0 aliphatic rings. The quantitative estimate of drug-likeness (QED) is 0.573. The van der Waals surface area contributed by atoms with Gasteiger partial charge in [0.2, 0.25) is 15.8 Å². The Kier molecular flexibility index (Phi) is 6.12. The first kappa shape index (κ1) is 19.0. The van der Waals surface area contributed by atoms with Crippen molar-refractivity contribution >= 4 is 33.4 Å². The minimum atomic E-state index is -3.76. The Hall–Kier alpha value is -2.82. The fourth-order valence-corrected chi connectivity index (χ4v) is 3.34. The van der Waals surface area contributed by atoms with Crippen LogP contribution in [0.15, 0.2) is 57.1 Å². The van der Waals surface area contributed by atoms with Crippen molar-refractivity contribution in [1.82, 2.24) is 14.9 Å². The highest BCUT2D eigenvalue weighted by Crippen LogP contribution is 2.18. The maximum atomic E-state index is 11.9. The van der Waals surface area contributed by atoms with Crippen molar-refractivity contribution < 1.29 is 22.5 Å². The van der Waals surface area contributed by atoms with Gasteiger partial charge >= 0.3 is 5.97 Å². The maximum absolute atomic E-state index is 11.9. The molecule has 10 heteroatoms. The fourth-order valence-electron chi connectivity index (χ4n) is 1.96. The molecule has 0 aliphatic heterocycles. The molecule has 0 unspecified atom stereocenters. The monoisotopic (exact) mass is 405 g/mol. The Morgan fingerprint density at radius 2 is 2.07 bits per heavy atom. The predicted octanol–water partition coefficient (Wildman–Crippen LogP) is 2.43. The molecule has 0 amide bonds. The van der Waals surface area contributed by atoms with E-state index in [9.17, 15) is 13.2 Å². The van der Waals surface area contributed by atoms with Crippen molar-refractivity contribution in [2.45, 2.75) is 6.61 Å². The Balaban J connectivity index is 1.46. The molecule has 0 atom stereocenters.